The monoisotopic (exact) mass is 382 g/mol. The average Bonchev–Trinajstić information content (AvgIpc) is 2.38. The molecule has 0 fully saturated rings. The van der Waals surface area contributed by atoms with Crippen LogP contribution in [-0.4, -0.2) is 18.6 Å². The molecule has 0 aromatic heterocycles. The van der Waals surface area contributed by atoms with E-state index in [0.717, 1.165) is 0 Å². The van der Waals surface area contributed by atoms with Crippen molar-refractivity contribution in [2.75, 3.05) is 0 Å². The third kappa shape index (κ3) is 15.1. The van der Waals surface area contributed by atoms with E-state index < -0.39 is 18.6 Å². The van der Waals surface area contributed by atoms with E-state index in [-0.39, 0.29) is 0 Å². The Hall–Kier alpha value is 1.09. The molecule has 2 heteroatoms. The van der Waals surface area contributed by atoms with Gasteiger partial charge in [0.2, 0.25) is 0 Å². The zero-order valence-electron chi connectivity index (χ0n) is 12.9. The van der Waals surface area contributed by atoms with E-state index >= 15 is 0 Å². The summed E-state index contributed by atoms with van der Waals surface area (Å²) in [6.45, 7) is 4.57. The van der Waals surface area contributed by atoms with Gasteiger partial charge in [-0.3, -0.25) is 0 Å². The normalized spacial score (nSPS) is 11.3. The molecule has 0 aliphatic carbocycles. The van der Waals surface area contributed by atoms with E-state index in [0.29, 0.717) is 0 Å². The van der Waals surface area contributed by atoms with Crippen LogP contribution in [0.2, 0.25) is 8.87 Å². The molecule has 0 aliphatic heterocycles. The zero-order chi connectivity index (χ0) is 13.5. The predicted molar refractivity (Wildman–Crippen MR) is 89.4 cm³/mol. The van der Waals surface area contributed by atoms with Gasteiger partial charge in [-0.15, -0.1) is 0 Å². The Balaban J connectivity index is 3.10. The van der Waals surface area contributed by atoms with Crippen LogP contribution in [0.1, 0.15) is 90.9 Å². The number of hydrogen-bond acceptors (Lipinski definition) is 0. The van der Waals surface area contributed by atoms with E-state index in [1.165, 1.54) is 85.9 Å². The molecular formula is C16H35ClSn. The van der Waals surface area contributed by atoms with Crippen LogP contribution in [0.3, 0.4) is 0 Å². The molecule has 110 valence electrons. The van der Waals surface area contributed by atoms with E-state index in [1.54, 1.807) is 0 Å². The fourth-order valence-electron chi connectivity index (χ4n) is 2.44. The molecule has 0 unspecified atom stereocenters. The van der Waals surface area contributed by atoms with Gasteiger partial charge in [0.25, 0.3) is 0 Å². The van der Waals surface area contributed by atoms with E-state index in [9.17, 15) is 0 Å². The third-order valence-electron chi connectivity index (χ3n) is 3.74. The molecule has 0 nitrogen and oxygen atoms in total. The first-order valence-electron chi connectivity index (χ1n) is 8.45. The minimum atomic E-state index is -1.51. The molecule has 0 saturated heterocycles. The van der Waals surface area contributed by atoms with Crippen molar-refractivity contribution in [3.63, 3.8) is 0 Å². The van der Waals surface area contributed by atoms with Crippen molar-refractivity contribution in [2.24, 2.45) is 0 Å². The Kier molecular flexibility index (Phi) is 17.1. The van der Waals surface area contributed by atoms with Crippen LogP contribution in [-0.2, 0) is 0 Å². The van der Waals surface area contributed by atoms with Crippen molar-refractivity contribution >= 4 is 27.6 Å². The Morgan fingerprint density at radius 3 is 1.28 bits per heavy atom. The van der Waals surface area contributed by atoms with E-state index in [2.05, 4.69) is 13.8 Å². The minimum absolute atomic E-state index is 1.36. The second-order valence-corrected chi connectivity index (χ2v) is 16.6. The molecule has 0 saturated carbocycles. The molecule has 0 N–H and O–H groups in total. The summed E-state index contributed by atoms with van der Waals surface area (Å²) < 4.78 is 2.90. The summed E-state index contributed by atoms with van der Waals surface area (Å²) in [5.74, 6) is 0. The standard InChI is InChI=1S/2C8H17.ClH.Sn.H/c2*1-3-5-7-8-6-4-2;;;/h2*1,3-8H2,2H3;1H;;/q;;;+1;/p-1. The SMILES string of the molecule is CCCCCCC[CH2][SnH]([Cl])[CH2]CCCCCCC. The zero-order valence-corrected chi connectivity index (χ0v) is 16.9. The van der Waals surface area contributed by atoms with Gasteiger partial charge in [0.1, 0.15) is 0 Å². The first-order chi connectivity index (χ1) is 8.81. The van der Waals surface area contributed by atoms with Crippen LogP contribution in [0, 0.1) is 0 Å². The Bertz CT molecular complexity index is 134. The number of rotatable bonds is 14. The van der Waals surface area contributed by atoms with Crippen molar-refractivity contribution in [2.45, 2.75) is 99.8 Å². The van der Waals surface area contributed by atoms with Gasteiger partial charge >= 0.3 is 127 Å². The molecule has 0 atom stereocenters. The van der Waals surface area contributed by atoms with Crippen LogP contribution < -0.4 is 0 Å². The molecule has 0 spiro atoms. The number of halogens is 1. The Morgan fingerprint density at radius 1 is 0.556 bits per heavy atom. The number of hydrogen-bond donors (Lipinski definition) is 0. The van der Waals surface area contributed by atoms with Crippen LogP contribution in [0.15, 0.2) is 0 Å². The summed E-state index contributed by atoms with van der Waals surface area (Å²) in [5, 5.41) is 0. The van der Waals surface area contributed by atoms with Crippen molar-refractivity contribution < 1.29 is 0 Å². The molecule has 0 heterocycles. The van der Waals surface area contributed by atoms with Crippen molar-refractivity contribution in [3.8, 4) is 0 Å². The van der Waals surface area contributed by atoms with Gasteiger partial charge < -0.3 is 0 Å². The Morgan fingerprint density at radius 2 is 0.889 bits per heavy atom. The molecule has 0 radical (unpaired) electrons. The summed E-state index contributed by atoms with van der Waals surface area (Å²) in [6, 6.07) is 0. The van der Waals surface area contributed by atoms with Crippen LogP contribution in [0.5, 0.6) is 0 Å². The maximum absolute atomic E-state index is 6.57. The van der Waals surface area contributed by atoms with Crippen molar-refractivity contribution in [3.05, 3.63) is 0 Å². The van der Waals surface area contributed by atoms with Gasteiger partial charge in [-0.2, -0.15) is 0 Å². The number of unbranched alkanes of at least 4 members (excludes halogenated alkanes) is 10. The van der Waals surface area contributed by atoms with Gasteiger partial charge in [0, 0.05) is 0 Å². The topological polar surface area (TPSA) is 0 Å². The molecule has 0 rings (SSSR count). The van der Waals surface area contributed by atoms with Gasteiger partial charge in [0.05, 0.1) is 0 Å². The summed E-state index contributed by atoms with van der Waals surface area (Å²) in [5.41, 5.74) is 0. The van der Waals surface area contributed by atoms with Crippen LogP contribution >= 0.6 is 8.92 Å². The van der Waals surface area contributed by atoms with Crippen molar-refractivity contribution in [1.29, 1.82) is 0 Å². The van der Waals surface area contributed by atoms with Gasteiger partial charge in [-0.25, -0.2) is 0 Å². The molecule has 18 heavy (non-hydrogen) atoms. The van der Waals surface area contributed by atoms with Crippen LogP contribution in [0.4, 0.5) is 0 Å². The predicted octanol–water partition coefficient (Wildman–Crippen LogP) is 6.67. The summed E-state index contributed by atoms with van der Waals surface area (Å²) in [4.78, 5) is 0. The molecule has 0 amide bonds. The summed E-state index contributed by atoms with van der Waals surface area (Å²) >= 11 is -1.51. The van der Waals surface area contributed by atoms with E-state index in [1.807, 2.05) is 0 Å². The van der Waals surface area contributed by atoms with Gasteiger partial charge in [-0.1, -0.05) is 0 Å². The molecule has 0 aromatic carbocycles. The first-order valence-corrected chi connectivity index (χ1v) is 17.3. The Labute approximate surface area is 127 Å². The molecular weight excluding hydrogens is 346 g/mol. The molecule has 0 aliphatic rings. The van der Waals surface area contributed by atoms with Crippen LogP contribution in [0.25, 0.3) is 0 Å². The quantitative estimate of drug-likeness (QED) is 0.233. The first kappa shape index (κ1) is 19.1. The fraction of sp³-hybridized carbons (Fsp3) is 1.00. The fourth-order valence-corrected chi connectivity index (χ4v) is 9.51. The van der Waals surface area contributed by atoms with Gasteiger partial charge in [0.15, 0.2) is 0 Å². The second kappa shape index (κ2) is 16.1. The van der Waals surface area contributed by atoms with E-state index in [4.69, 9.17) is 8.92 Å². The maximum atomic E-state index is 6.57. The summed E-state index contributed by atoms with van der Waals surface area (Å²) in [6.07, 6.45) is 17.1. The average molecular weight is 382 g/mol. The van der Waals surface area contributed by atoms with Gasteiger partial charge in [-0.05, 0) is 0 Å². The molecule has 0 bridgehead atoms. The summed E-state index contributed by atoms with van der Waals surface area (Å²) in [7, 11) is 6.57. The molecule has 0 aromatic rings. The second-order valence-electron chi connectivity index (χ2n) is 5.71. The van der Waals surface area contributed by atoms with Crippen molar-refractivity contribution in [1.82, 2.24) is 0 Å². The third-order valence-corrected chi connectivity index (χ3v) is 12.6.